The van der Waals surface area contributed by atoms with Gasteiger partial charge in [-0.3, -0.25) is 9.29 Å². The summed E-state index contributed by atoms with van der Waals surface area (Å²) in [4.78, 5) is 16.4. The van der Waals surface area contributed by atoms with Gasteiger partial charge in [-0.05, 0) is 67.3 Å². The Balaban J connectivity index is 1.58. The number of rotatable bonds is 5. The van der Waals surface area contributed by atoms with E-state index < -0.39 is 21.7 Å². The smallest absolute Gasteiger partial charge is 0.408 e. The first kappa shape index (κ1) is 22.3. The van der Waals surface area contributed by atoms with Crippen LogP contribution in [0.5, 0.6) is 0 Å². The van der Waals surface area contributed by atoms with Gasteiger partial charge in [0.2, 0.25) is 5.95 Å². The van der Waals surface area contributed by atoms with Crippen LogP contribution in [0.2, 0.25) is 0 Å². The van der Waals surface area contributed by atoms with Crippen molar-refractivity contribution in [1.29, 1.82) is 0 Å². The van der Waals surface area contributed by atoms with Crippen molar-refractivity contribution in [2.24, 2.45) is 0 Å². The normalized spacial score (nSPS) is 14.7. The number of benzene rings is 2. The van der Waals surface area contributed by atoms with Crippen LogP contribution < -0.4 is 15.8 Å². The van der Waals surface area contributed by atoms with Gasteiger partial charge in [-0.2, -0.15) is 4.39 Å². The molecule has 8 nitrogen and oxygen atoms in total. The molecule has 176 valence electrons. The molecule has 1 atom stereocenters. The monoisotopic (exact) mass is 482 g/mol. The second kappa shape index (κ2) is 8.37. The third kappa shape index (κ3) is 3.88. The second-order valence-corrected chi connectivity index (χ2v) is 10.0. The molecule has 1 unspecified atom stereocenters. The van der Waals surface area contributed by atoms with E-state index in [4.69, 9.17) is 4.42 Å². The number of hydrogen-bond acceptors (Lipinski definition) is 6. The van der Waals surface area contributed by atoms with Crippen molar-refractivity contribution >= 4 is 26.9 Å². The molecule has 0 saturated carbocycles. The molecule has 34 heavy (non-hydrogen) atoms. The van der Waals surface area contributed by atoms with Crippen LogP contribution in [0.25, 0.3) is 11.1 Å². The quantitative estimate of drug-likeness (QED) is 0.422. The van der Waals surface area contributed by atoms with Gasteiger partial charge in [0, 0.05) is 12.6 Å². The molecule has 2 N–H and O–H groups in total. The first-order valence-electron chi connectivity index (χ1n) is 10.9. The van der Waals surface area contributed by atoms with E-state index in [2.05, 4.69) is 21.1 Å². The highest BCUT2D eigenvalue weighted by molar-refractivity contribution is 7.92. The number of aromatic nitrogens is 2. The molecule has 4 aromatic rings. The van der Waals surface area contributed by atoms with Crippen LogP contribution in [0.1, 0.15) is 35.2 Å². The second-order valence-electron chi connectivity index (χ2n) is 8.36. The molecule has 0 amide bonds. The van der Waals surface area contributed by atoms with Crippen molar-refractivity contribution in [3.63, 3.8) is 0 Å². The van der Waals surface area contributed by atoms with Gasteiger partial charge in [0.1, 0.15) is 5.82 Å². The third-order valence-corrected chi connectivity index (χ3v) is 7.67. The molecule has 2 aromatic heterocycles. The minimum absolute atomic E-state index is 0.0825. The summed E-state index contributed by atoms with van der Waals surface area (Å²) in [5.41, 5.74) is 4.51. The van der Waals surface area contributed by atoms with Gasteiger partial charge in [-0.25, -0.2) is 18.2 Å². The largest absolute Gasteiger partial charge is 0.420 e. The first-order valence-corrected chi connectivity index (χ1v) is 12.4. The van der Waals surface area contributed by atoms with Gasteiger partial charge in [-0.1, -0.05) is 24.3 Å². The Bertz CT molecular complexity index is 1580. The summed E-state index contributed by atoms with van der Waals surface area (Å²) in [5, 5.41) is 3.38. The molecule has 5 rings (SSSR count). The number of fused-ring (bicyclic) bond motifs is 2. The molecule has 2 aromatic carbocycles. The summed E-state index contributed by atoms with van der Waals surface area (Å²) in [7, 11) is -4.10. The van der Waals surface area contributed by atoms with E-state index >= 15 is 0 Å². The molecule has 0 radical (unpaired) electrons. The van der Waals surface area contributed by atoms with Crippen molar-refractivity contribution in [1.82, 2.24) is 14.9 Å². The molecule has 0 aliphatic carbocycles. The van der Waals surface area contributed by atoms with Crippen molar-refractivity contribution in [2.75, 3.05) is 11.3 Å². The Morgan fingerprint density at radius 3 is 2.79 bits per heavy atom. The zero-order valence-electron chi connectivity index (χ0n) is 18.6. The molecule has 0 bridgehead atoms. The van der Waals surface area contributed by atoms with Crippen molar-refractivity contribution in [3.05, 3.63) is 87.3 Å². The van der Waals surface area contributed by atoms with Crippen molar-refractivity contribution < 1.29 is 17.2 Å². The van der Waals surface area contributed by atoms with E-state index in [1.807, 2.05) is 19.1 Å². The number of pyridine rings is 1. The van der Waals surface area contributed by atoms with Crippen molar-refractivity contribution in [3.8, 4) is 0 Å². The third-order valence-electron chi connectivity index (χ3n) is 6.17. The number of anilines is 1. The lowest BCUT2D eigenvalue weighted by molar-refractivity contribution is 0.486. The van der Waals surface area contributed by atoms with Gasteiger partial charge in [-0.15, -0.1) is 0 Å². The number of aryl methyl sites for hydroxylation is 1. The zero-order valence-corrected chi connectivity index (χ0v) is 19.4. The molecule has 1 aliphatic heterocycles. The van der Waals surface area contributed by atoms with E-state index in [0.717, 1.165) is 31.1 Å². The van der Waals surface area contributed by atoms with Gasteiger partial charge < -0.3 is 9.73 Å². The highest BCUT2D eigenvalue weighted by atomic mass is 32.2. The molecule has 0 saturated heterocycles. The topological polar surface area (TPSA) is 106 Å². The Kier molecular flexibility index (Phi) is 5.49. The molecule has 1 aliphatic rings. The maximum atomic E-state index is 13.4. The number of sulfonamides is 1. The van der Waals surface area contributed by atoms with Crippen LogP contribution in [0.15, 0.2) is 62.6 Å². The number of halogens is 1. The number of nitrogens with zero attached hydrogens (tertiary/aromatic N) is 2. The summed E-state index contributed by atoms with van der Waals surface area (Å²) >= 11 is 0. The van der Waals surface area contributed by atoms with Crippen LogP contribution in [0, 0.1) is 12.9 Å². The van der Waals surface area contributed by atoms with E-state index in [9.17, 15) is 17.6 Å². The van der Waals surface area contributed by atoms with Gasteiger partial charge >= 0.3 is 5.76 Å². The summed E-state index contributed by atoms with van der Waals surface area (Å²) in [6.45, 7) is 5.20. The van der Waals surface area contributed by atoms with Crippen LogP contribution in [-0.2, 0) is 23.0 Å². The van der Waals surface area contributed by atoms with Gasteiger partial charge in [0.15, 0.2) is 5.58 Å². The summed E-state index contributed by atoms with van der Waals surface area (Å²) in [6.07, 6.45) is 0.921. The Labute approximate surface area is 195 Å². The standard InChI is InChI=1S/C24H23FN4O4S/c1-14-11-19-20(12-21(14)34(31,32)28-23-8-4-7-22(25)27-23)33-24(30)29(19)15(2)17-6-3-5-16-9-10-26-13-18(16)17/h3-8,11-12,15,26H,9-10,13H2,1-2H3,(H,27,28). The van der Waals surface area contributed by atoms with Gasteiger partial charge in [0.05, 0.1) is 16.5 Å². The lowest BCUT2D eigenvalue weighted by Gasteiger charge is -2.24. The zero-order chi connectivity index (χ0) is 24.0. The number of nitrogens with one attached hydrogen (secondary N) is 2. The van der Waals surface area contributed by atoms with E-state index in [-0.39, 0.29) is 22.3 Å². The average Bonchev–Trinajstić information content (AvgIpc) is 3.12. The fourth-order valence-electron chi connectivity index (χ4n) is 4.55. The lowest BCUT2D eigenvalue weighted by Crippen LogP contribution is -2.27. The Hall–Kier alpha value is -3.50. The molecular formula is C24H23FN4O4S. The van der Waals surface area contributed by atoms with Crippen LogP contribution in [-0.4, -0.2) is 24.5 Å². The summed E-state index contributed by atoms with van der Waals surface area (Å²) in [5.74, 6) is -1.52. The summed E-state index contributed by atoms with van der Waals surface area (Å²) in [6, 6.07) is 12.5. The minimum atomic E-state index is -4.10. The highest BCUT2D eigenvalue weighted by Crippen LogP contribution is 2.30. The number of oxazole rings is 1. The van der Waals surface area contributed by atoms with E-state index in [1.165, 1.54) is 29.3 Å². The lowest BCUT2D eigenvalue weighted by atomic mass is 9.92. The molecule has 0 spiro atoms. The minimum Gasteiger partial charge on any atom is -0.408 e. The Morgan fingerprint density at radius 1 is 1.21 bits per heavy atom. The molecule has 0 fully saturated rings. The first-order chi connectivity index (χ1) is 16.2. The van der Waals surface area contributed by atoms with Crippen LogP contribution in [0.3, 0.4) is 0 Å². The van der Waals surface area contributed by atoms with Crippen LogP contribution >= 0.6 is 0 Å². The van der Waals surface area contributed by atoms with Gasteiger partial charge in [0.25, 0.3) is 10.0 Å². The van der Waals surface area contributed by atoms with Crippen molar-refractivity contribution in [2.45, 2.75) is 37.8 Å². The average molecular weight is 483 g/mol. The molecule has 10 heteroatoms. The predicted molar refractivity (Wildman–Crippen MR) is 126 cm³/mol. The summed E-state index contributed by atoms with van der Waals surface area (Å²) < 4.78 is 48.6. The molecular weight excluding hydrogens is 459 g/mol. The van der Waals surface area contributed by atoms with Crippen LogP contribution in [0.4, 0.5) is 10.2 Å². The fraction of sp³-hybridized carbons (Fsp3) is 0.250. The maximum absolute atomic E-state index is 13.4. The molecule has 3 heterocycles. The Morgan fingerprint density at radius 2 is 2.00 bits per heavy atom. The SMILES string of the molecule is Cc1cc2c(cc1S(=O)(=O)Nc1cccc(F)n1)oc(=O)n2C(C)c1cccc2c1CNCC2. The van der Waals surface area contributed by atoms with E-state index in [1.54, 1.807) is 17.6 Å². The predicted octanol–water partition coefficient (Wildman–Crippen LogP) is 3.49. The fourth-order valence-corrected chi connectivity index (χ4v) is 5.80. The van der Waals surface area contributed by atoms with E-state index in [0.29, 0.717) is 11.1 Å². The number of hydrogen-bond donors (Lipinski definition) is 2. The maximum Gasteiger partial charge on any atom is 0.420 e. The highest BCUT2D eigenvalue weighted by Gasteiger charge is 2.25.